The fourth-order valence-corrected chi connectivity index (χ4v) is 2.46. The number of amides is 2. The third-order valence-electron chi connectivity index (χ3n) is 3.73. The summed E-state index contributed by atoms with van der Waals surface area (Å²) in [6, 6.07) is 13.3. The van der Waals surface area contributed by atoms with Crippen molar-refractivity contribution in [3.8, 4) is 11.5 Å². The lowest BCUT2D eigenvalue weighted by Crippen LogP contribution is -2.44. The molecular formula is C19H18N4O5. The van der Waals surface area contributed by atoms with E-state index in [0.29, 0.717) is 28.9 Å². The molecule has 0 bridgehead atoms. The number of ether oxygens (including phenoxy) is 2. The number of carbonyl (C=O) groups excluding carboxylic acids is 2. The van der Waals surface area contributed by atoms with Gasteiger partial charge >= 0.3 is 0 Å². The van der Waals surface area contributed by atoms with E-state index in [1.165, 1.54) is 0 Å². The fraction of sp³-hybridized carbons (Fsp3) is 0.158. The Bertz CT molecular complexity index is 1050. The van der Waals surface area contributed by atoms with Crippen molar-refractivity contribution in [1.29, 1.82) is 0 Å². The van der Waals surface area contributed by atoms with Crippen LogP contribution in [0.5, 0.6) is 11.5 Å². The molecule has 1 heterocycles. The summed E-state index contributed by atoms with van der Waals surface area (Å²) in [4.78, 5) is 35.9. The molecule has 9 heteroatoms. The van der Waals surface area contributed by atoms with E-state index in [9.17, 15) is 14.4 Å². The third kappa shape index (κ3) is 4.44. The van der Waals surface area contributed by atoms with Crippen LogP contribution < -0.4 is 25.9 Å². The Morgan fingerprint density at radius 2 is 1.61 bits per heavy atom. The van der Waals surface area contributed by atoms with Crippen molar-refractivity contribution in [2.24, 2.45) is 0 Å². The minimum atomic E-state index is -0.665. The van der Waals surface area contributed by atoms with E-state index >= 15 is 0 Å². The number of benzene rings is 2. The Hall–Kier alpha value is -3.88. The van der Waals surface area contributed by atoms with E-state index in [1.54, 1.807) is 48.5 Å². The largest absolute Gasteiger partial charge is 0.494 e. The number of H-pyrrole nitrogens is 1. The molecule has 0 unspecified atom stereocenters. The molecule has 0 saturated heterocycles. The molecule has 2 amide bonds. The number of rotatable bonds is 6. The molecule has 1 aromatic heterocycles. The summed E-state index contributed by atoms with van der Waals surface area (Å²) in [7, 11) is 0. The molecule has 0 fully saturated rings. The molecule has 3 rings (SSSR count). The van der Waals surface area contributed by atoms with Crippen LogP contribution in [0, 0.1) is 0 Å². The van der Waals surface area contributed by atoms with Gasteiger partial charge < -0.3 is 9.47 Å². The number of nitrogens with one attached hydrogen (secondary N) is 3. The van der Waals surface area contributed by atoms with Crippen LogP contribution >= 0.6 is 0 Å². The predicted octanol–water partition coefficient (Wildman–Crippen LogP) is 1.16. The van der Waals surface area contributed by atoms with Crippen LogP contribution in [0.15, 0.2) is 53.3 Å². The molecule has 3 N–H and O–H groups in total. The summed E-state index contributed by atoms with van der Waals surface area (Å²) in [5, 5.41) is 6.72. The average Bonchev–Trinajstić information content (AvgIpc) is 2.72. The summed E-state index contributed by atoms with van der Waals surface area (Å²) in [5.41, 5.74) is 4.08. The second-order valence-electron chi connectivity index (χ2n) is 5.64. The number of nitrogens with zero attached hydrogens (tertiary/aromatic N) is 1. The highest BCUT2D eigenvalue weighted by Gasteiger charge is 2.14. The molecule has 9 nitrogen and oxygen atoms in total. The van der Waals surface area contributed by atoms with Gasteiger partial charge in [0.1, 0.15) is 11.5 Å². The smallest absolute Gasteiger partial charge is 0.290 e. The van der Waals surface area contributed by atoms with Gasteiger partial charge in [0.25, 0.3) is 17.4 Å². The van der Waals surface area contributed by atoms with E-state index < -0.39 is 17.4 Å². The summed E-state index contributed by atoms with van der Waals surface area (Å²) in [6.45, 7) is 2.14. The highest BCUT2D eigenvalue weighted by molar-refractivity contribution is 6.05. The first kappa shape index (κ1) is 18.9. The second-order valence-corrected chi connectivity index (χ2v) is 5.64. The number of hydrazine groups is 1. The molecule has 0 atom stereocenters. The maximum absolute atomic E-state index is 12.3. The number of aromatic nitrogens is 2. The van der Waals surface area contributed by atoms with Gasteiger partial charge in [-0.25, -0.2) is 5.10 Å². The topological polar surface area (TPSA) is 122 Å². The maximum atomic E-state index is 12.3. The van der Waals surface area contributed by atoms with Crippen molar-refractivity contribution < 1.29 is 19.1 Å². The molecule has 28 heavy (non-hydrogen) atoms. The Labute approximate surface area is 159 Å². The third-order valence-corrected chi connectivity index (χ3v) is 3.73. The van der Waals surface area contributed by atoms with Gasteiger partial charge in [-0.3, -0.25) is 25.2 Å². The van der Waals surface area contributed by atoms with E-state index in [1.807, 2.05) is 6.92 Å². The first-order chi connectivity index (χ1) is 13.6. The van der Waals surface area contributed by atoms with Crippen LogP contribution in [0.2, 0.25) is 0 Å². The quantitative estimate of drug-likeness (QED) is 0.550. The zero-order valence-corrected chi connectivity index (χ0v) is 15.0. The number of fused-ring (bicyclic) bond motifs is 1. The minimum Gasteiger partial charge on any atom is -0.494 e. The van der Waals surface area contributed by atoms with Crippen LogP contribution in [0.25, 0.3) is 10.8 Å². The van der Waals surface area contributed by atoms with Crippen LogP contribution in [0.4, 0.5) is 0 Å². The zero-order valence-electron chi connectivity index (χ0n) is 15.0. The summed E-state index contributed by atoms with van der Waals surface area (Å²) in [6.07, 6.45) is 0. The Balaban J connectivity index is 1.55. The van der Waals surface area contributed by atoms with Gasteiger partial charge in [-0.1, -0.05) is 18.2 Å². The van der Waals surface area contributed by atoms with Crippen molar-refractivity contribution >= 4 is 22.6 Å². The van der Waals surface area contributed by atoms with Gasteiger partial charge in [0.15, 0.2) is 12.3 Å². The predicted molar refractivity (Wildman–Crippen MR) is 101 cm³/mol. The Morgan fingerprint density at radius 1 is 0.964 bits per heavy atom. The molecule has 144 valence electrons. The molecule has 3 aromatic rings. The maximum Gasteiger partial charge on any atom is 0.290 e. The molecule has 0 spiro atoms. The number of aromatic amines is 1. The first-order valence-corrected chi connectivity index (χ1v) is 8.50. The van der Waals surface area contributed by atoms with Gasteiger partial charge in [0.2, 0.25) is 0 Å². The zero-order chi connectivity index (χ0) is 19.9. The Kier molecular flexibility index (Phi) is 5.85. The van der Waals surface area contributed by atoms with Crippen molar-refractivity contribution in [2.75, 3.05) is 13.2 Å². The van der Waals surface area contributed by atoms with Gasteiger partial charge in [0.05, 0.1) is 12.0 Å². The lowest BCUT2D eigenvalue weighted by atomic mass is 10.1. The Morgan fingerprint density at radius 3 is 2.29 bits per heavy atom. The molecule has 0 saturated carbocycles. The van der Waals surface area contributed by atoms with Gasteiger partial charge in [-0.15, -0.1) is 0 Å². The van der Waals surface area contributed by atoms with Crippen molar-refractivity contribution in [3.05, 3.63) is 64.6 Å². The SMILES string of the molecule is CCOc1ccc(OCC(=O)NNC(=O)c2n[nH]c(=O)c3ccccc23)cc1. The molecule has 2 aromatic carbocycles. The van der Waals surface area contributed by atoms with Crippen LogP contribution in [0.3, 0.4) is 0 Å². The van der Waals surface area contributed by atoms with Crippen molar-refractivity contribution in [3.63, 3.8) is 0 Å². The van der Waals surface area contributed by atoms with E-state index in [4.69, 9.17) is 9.47 Å². The summed E-state index contributed by atoms with van der Waals surface area (Å²) in [5.74, 6) is -0.0387. The van der Waals surface area contributed by atoms with Gasteiger partial charge in [0, 0.05) is 5.39 Å². The van der Waals surface area contributed by atoms with E-state index in [-0.39, 0.29) is 12.3 Å². The molecular weight excluding hydrogens is 364 g/mol. The average molecular weight is 382 g/mol. The lowest BCUT2D eigenvalue weighted by molar-refractivity contribution is -0.123. The van der Waals surface area contributed by atoms with Gasteiger partial charge in [-0.05, 0) is 37.3 Å². The number of carbonyl (C=O) groups is 2. The minimum absolute atomic E-state index is 0.0112. The number of hydrogen-bond acceptors (Lipinski definition) is 6. The number of hydrogen-bond donors (Lipinski definition) is 3. The van der Waals surface area contributed by atoms with Crippen LogP contribution in [-0.2, 0) is 4.79 Å². The highest BCUT2D eigenvalue weighted by Crippen LogP contribution is 2.17. The van der Waals surface area contributed by atoms with Crippen molar-refractivity contribution in [1.82, 2.24) is 21.0 Å². The normalized spacial score (nSPS) is 10.3. The first-order valence-electron chi connectivity index (χ1n) is 8.50. The molecule has 0 aliphatic carbocycles. The fourth-order valence-electron chi connectivity index (χ4n) is 2.46. The second kappa shape index (κ2) is 8.67. The van der Waals surface area contributed by atoms with Crippen molar-refractivity contribution in [2.45, 2.75) is 6.92 Å². The van der Waals surface area contributed by atoms with E-state index in [0.717, 1.165) is 0 Å². The molecule has 0 aliphatic heterocycles. The van der Waals surface area contributed by atoms with Crippen LogP contribution in [0.1, 0.15) is 17.4 Å². The standard InChI is InChI=1S/C19H18N4O5/c1-2-27-12-7-9-13(10-8-12)28-11-16(24)20-23-19(26)17-14-5-3-4-6-15(14)18(25)22-21-17/h3-10H,2,11H2,1H3,(H,20,24)(H,22,25)(H,23,26). The lowest BCUT2D eigenvalue weighted by Gasteiger charge is -2.10. The van der Waals surface area contributed by atoms with Crippen LogP contribution in [-0.4, -0.2) is 35.2 Å². The van der Waals surface area contributed by atoms with E-state index in [2.05, 4.69) is 21.0 Å². The highest BCUT2D eigenvalue weighted by atomic mass is 16.5. The summed E-state index contributed by atoms with van der Waals surface area (Å²) >= 11 is 0. The molecule has 0 aliphatic rings. The molecule has 0 radical (unpaired) electrons. The van der Waals surface area contributed by atoms with Gasteiger partial charge in [-0.2, -0.15) is 5.10 Å². The monoisotopic (exact) mass is 382 g/mol. The summed E-state index contributed by atoms with van der Waals surface area (Å²) < 4.78 is 10.7.